The van der Waals surface area contributed by atoms with Gasteiger partial charge in [-0.2, -0.15) is 0 Å². The number of ether oxygens (including phenoxy) is 1. The van der Waals surface area contributed by atoms with Gasteiger partial charge in [0.25, 0.3) is 0 Å². The molecule has 200 valence electrons. The van der Waals surface area contributed by atoms with Crippen LogP contribution in [-0.2, 0) is 11.2 Å². The molecule has 2 aromatic carbocycles. The number of aromatic nitrogens is 3. The number of carbonyl (C=O) groups excluding carboxylic acids is 1. The second kappa shape index (κ2) is 9.68. The topological polar surface area (TPSA) is 112 Å². The molecule has 8 heteroatoms. The third-order valence-corrected chi connectivity index (χ3v) is 8.85. The molecule has 2 aromatic heterocycles. The fourth-order valence-corrected chi connectivity index (χ4v) is 6.79. The van der Waals surface area contributed by atoms with E-state index < -0.39 is 0 Å². The molecule has 4 aromatic rings. The molecule has 39 heavy (non-hydrogen) atoms. The lowest BCUT2D eigenvalue weighted by Crippen LogP contribution is -2.44. The Kier molecular flexibility index (Phi) is 6.00. The summed E-state index contributed by atoms with van der Waals surface area (Å²) < 4.78 is 8.61. The molecule has 1 aliphatic carbocycles. The Morgan fingerprint density at radius 2 is 1.95 bits per heavy atom. The molecule has 3 aliphatic rings. The Labute approximate surface area is 228 Å². The van der Waals surface area contributed by atoms with Gasteiger partial charge in [-0.25, -0.2) is 9.97 Å². The Hall–Kier alpha value is -3.91. The summed E-state index contributed by atoms with van der Waals surface area (Å²) in [6.07, 6.45) is 9.69. The van der Waals surface area contributed by atoms with Crippen molar-refractivity contribution >= 4 is 17.2 Å². The smallest absolute Gasteiger partial charge is 0.234 e. The predicted octanol–water partition coefficient (Wildman–Crippen LogP) is 4.49. The van der Waals surface area contributed by atoms with Crippen LogP contribution >= 0.6 is 0 Å². The first-order chi connectivity index (χ1) is 19.0. The van der Waals surface area contributed by atoms with Gasteiger partial charge in [0.1, 0.15) is 34.7 Å². The number of anilines is 1. The van der Waals surface area contributed by atoms with Crippen LogP contribution < -0.4 is 16.2 Å². The summed E-state index contributed by atoms with van der Waals surface area (Å²) in [5, 5.41) is 0. The zero-order valence-electron chi connectivity index (χ0n) is 22.0. The number of likely N-dealkylation sites (tertiary alicyclic amines) is 1. The number of nitrogens with two attached hydrogens (primary N) is 2. The number of imidazole rings is 1. The van der Waals surface area contributed by atoms with Crippen LogP contribution in [0.25, 0.3) is 16.8 Å². The SMILES string of the molecule is NC(=O)[C@@H]1CCCN1CC1CC(c2nc(-c3ccc4c(c3)O[C@@H](c3ccccc3)CC4)c3c(N)nccn23)C1. The highest BCUT2D eigenvalue weighted by Gasteiger charge is 2.38. The van der Waals surface area contributed by atoms with Gasteiger partial charge in [0.05, 0.1) is 6.04 Å². The minimum absolute atomic E-state index is 0.0478. The van der Waals surface area contributed by atoms with Gasteiger partial charge in [-0.15, -0.1) is 0 Å². The summed E-state index contributed by atoms with van der Waals surface area (Å²) in [4.78, 5) is 23.7. The highest BCUT2D eigenvalue weighted by atomic mass is 16.5. The van der Waals surface area contributed by atoms with E-state index in [9.17, 15) is 4.79 Å². The molecule has 1 amide bonds. The Morgan fingerprint density at radius 3 is 2.77 bits per heavy atom. The van der Waals surface area contributed by atoms with Crippen molar-refractivity contribution in [1.82, 2.24) is 19.3 Å². The molecule has 4 N–H and O–H groups in total. The molecule has 0 radical (unpaired) electrons. The molecule has 7 rings (SSSR count). The first-order valence-electron chi connectivity index (χ1n) is 14.1. The number of aryl methyl sites for hydroxylation is 1. The minimum atomic E-state index is -0.195. The number of rotatable bonds is 6. The van der Waals surface area contributed by atoms with E-state index in [-0.39, 0.29) is 18.1 Å². The molecule has 1 saturated carbocycles. The maximum absolute atomic E-state index is 11.8. The molecular formula is C31H34N6O2. The molecule has 0 spiro atoms. The van der Waals surface area contributed by atoms with Crippen molar-refractivity contribution in [3.05, 3.63) is 77.9 Å². The van der Waals surface area contributed by atoms with Gasteiger partial charge < -0.3 is 16.2 Å². The lowest BCUT2D eigenvalue weighted by atomic mass is 9.74. The van der Waals surface area contributed by atoms with Crippen LogP contribution in [0, 0.1) is 5.92 Å². The van der Waals surface area contributed by atoms with Crippen molar-refractivity contribution in [3.63, 3.8) is 0 Å². The van der Waals surface area contributed by atoms with Gasteiger partial charge in [-0.05, 0) is 68.2 Å². The summed E-state index contributed by atoms with van der Waals surface area (Å²) in [5.74, 6) is 3.10. The van der Waals surface area contributed by atoms with E-state index in [1.54, 1.807) is 6.20 Å². The van der Waals surface area contributed by atoms with Crippen LogP contribution in [0.3, 0.4) is 0 Å². The fraction of sp³-hybridized carbons (Fsp3) is 0.387. The highest BCUT2D eigenvalue weighted by molar-refractivity contribution is 5.86. The second-order valence-electron chi connectivity index (χ2n) is 11.3. The van der Waals surface area contributed by atoms with Gasteiger partial charge in [0.2, 0.25) is 5.91 Å². The average Bonchev–Trinajstić information content (AvgIpc) is 3.56. The number of hydrogen-bond donors (Lipinski definition) is 2. The van der Waals surface area contributed by atoms with Crippen molar-refractivity contribution < 1.29 is 9.53 Å². The number of nitrogen functional groups attached to an aromatic ring is 1. The van der Waals surface area contributed by atoms with Crippen molar-refractivity contribution in [2.45, 2.75) is 56.6 Å². The molecule has 2 atom stereocenters. The number of fused-ring (bicyclic) bond motifs is 2. The summed E-state index contributed by atoms with van der Waals surface area (Å²) in [7, 11) is 0. The lowest BCUT2D eigenvalue weighted by Gasteiger charge is -2.38. The Bertz CT molecular complexity index is 1530. The summed E-state index contributed by atoms with van der Waals surface area (Å²) in [6, 6.07) is 16.7. The van der Waals surface area contributed by atoms with E-state index in [4.69, 9.17) is 21.2 Å². The minimum Gasteiger partial charge on any atom is -0.485 e. The van der Waals surface area contributed by atoms with Gasteiger partial charge >= 0.3 is 0 Å². The standard InChI is InChI=1S/C31H34N6O2/c32-29-28-27(22-9-8-21-10-11-25(39-26(21)17-22)20-5-2-1-3-6-20)35-31(37(28)14-12-34-29)23-15-19(16-23)18-36-13-4-7-24(36)30(33)38/h1-3,5-6,8-9,12,14,17,19,23-25H,4,7,10-11,13,15-16,18H2,(H2,32,34)(H2,33,38)/t19?,23?,24-,25+/m0/s1. The first-order valence-corrected chi connectivity index (χ1v) is 14.1. The van der Waals surface area contributed by atoms with E-state index >= 15 is 0 Å². The first kappa shape index (κ1) is 24.2. The van der Waals surface area contributed by atoms with Gasteiger partial charge in [-0.3, -0.25) is 14.1 Å². The normalized spacial score (nSPS) is 24.7. The largest absolute Gasteiger partial charge is 0.485 e. The highest BCUT2D eigenvalue weighted by Crippen LogP contribution is 2.45. The van der Waals surface area contributed by atoms with E-state index in [0.717, 1.165) is 80.0 Å². The summed E-state index contributed by atoms with van der Waals surface area (Å²) >= 11 is 0. The van der Waals surface area contributed by atoms with E-state index in [2.05, 4.69) is 56.7 Å². The van der Waals surface area contributed by atoms with Crippen LogP contribution in [0.2, 0.25) is 0 Å². The van der Waals surface area contributed by atoms with Crippen LogP contribution in [0.1, 0.15) is 61.1 Å². The summed E-state index contributed by atoms with van der Waals surface area (Å²) in [5.41, 5.74) is 17.2. The molecule has 1 saturated heterocycles. The van der Waals surface area contributed by atoms with E-state index in [1.165, 1.54) is 11.1 Å². The maximum atomic E-state index is 11.8. The number of amides is 1. The van der Waals surface area contributed by atoms with Crippen LogP contribution in [-0.4, -0.2) is 44.3 Å². The quantitative estimate of drug-likeness (QED) is 0.386. The molecule has 0 unspecified atom stereocenters. The number of carbonyl (C=O) groups is 1. The van der Waals surface area contributed by atoms with Crippen molar-refractivity contribution in [2.24, 2.45) is 11.7 Å². The molecule has 2 fully saturated rings. The molecule has 2 aliphatic heterocycles. The van der Waals surface area contributed by atoms with Crippen LogP contribution in [0.15, 0.2) is 60.9 Å². The Balaban J connectivity index is 1.16. The fourth-order valence-electron chi connectivity index (χ4n) is 6.79. The zero-order chi connectivity index (χ0) is 26.5. The van der Waals surface area contributed by atoms with Gasteiger partial charge in [-0.1, -0.05) is 42.5 Å². The third-order valence-electron chi connectivity index (χ3n) is 8.85. The number of hydrogen-bond acceptors (Lipinski definition) is 6. The van der Waals surface area contributed by atoms with Crippen LogP contribution in [0.5, 0.6) is 5.75 Å². The molecule has 8 nitrogen and oxygen atoms in total. The lowest BCUT2D eigenvalue weighted by molar-refractivity contribution is -0.122. The average molecular weight is 523 g/mol. The molecule has 4 heterocycles. The molecule has 0 bridgehead atoms. The maximum Gasteiger partial charge on any atom is 0.234 e. The number of benzene rings is 2. The van der Waals surface area contributed by atoms with Crippen molar-refractivity contribution in [1.29, 1.82) is 0 Å². The predicted molar refractivity (Wildman–Crippen MR) is 150 cm³/mol. The number of primary amides is 1. The van der Waals surface area contributed by atoms with Gasteiger partial charge in [0, 0.05) is 30.4 Å². The van der Waals surface area contributed by atoms with E-state index in [0.29, 0.717) is 17.7 Å². The molecular weight excluding hydrogens is 488 g/mol. The summed E-state index contributed by atoms with van der Waals surface area (Å²) in [6.45, 7) is 1.88. The van der Waals surface area contributed by atoms with Crippen LogP contribution in [0.4, 0.5) is 5.82 Å². The van der Waals surface area contributed by atoms with Crippen molar-refractivity contribution in [2.75, 3.05) is 18.8 Å². The zero-order valence-corrected chi connectivity index (χ0v) is 22.0. The third kappa shape index (κ3) is 4.33. The second-order valence-corrected chi connectivity index (χ2v) is 11.3. The Morgan fingerprint density at radius 1 is 1.10 bits per heavy atom. The van der Waals surface area contributed by atoms with Crippen molar-refractivity contribution in [3.8, 4) is 17.0 Å². The van der Waals surface area contributed by atoms with E-state index in [1.807, 2.05) is 12.3 Å². The number of nitrogens with zero attached hydrogens (tertiary/aromatic N) is 4. The van der Waals surface area contributed by atoms with Gasteiger partial charge in [0.15, 0.2) is 0 Å². The monoisotopic (exact) mass is 522 g/mol.